The van der Waals surface area contributed by atoms with Gasteiger partial charge in [-0.3, -0.25) is 4.79 Å². The van der Waals surface area contributed by atoms with E-state index >= 15 is 0 Å². The van der Waals surface area contributed by atoms with Gasteiger partial charge >= 0.3 is 0 Å². The van der Waals surface area contributed by atoms with E-state index in [4.69, 9.17) is 4.74 Å². The molecule has 3 atom stereocenters. The van der Waals surface area contributed by atoms with Gasteiger partial charge in [0.25, 0.3) is 0 Å². The van der Waals surface area contributed by atoms with Crippen molar-refractivity contribution in [1.82, 2.24) is 10.6 Å². The van der Waals surface area contributed by atoms with Crippen molar-refractivity contribution in [3.8, 4) is 0 Å². The number of aliphatic hydroxyl groups is 1. The Labute approximate surface area is 115 Å². The van der Waals surface area contributed by atoms with Crippen LogP contribution in [-0.4, -0.2) is 48.0 Å². The van der Waals surface area contributed by atoms with Crippen LogP contribution in [0.4, 0.5) is 0 Å². The summed E-state index contributed by atoms with van der Waals surface area (Å²) < 4.78 is 5.38. The zero-order valence-corrected chi connectivity index (χ0v) is 12.0. The number of rotatable bonds is 5. The summed E-state index contributed by atoms with van der Waals surface area (Å²) in [5.74, 6) is 0.0272. The predicted molar refractivity (Wildman–Crippen MR) is 72.9 cm³/mol. The first-order valence-electron chi connectivity index (χ1n) is 7.40. The third kappa shape index (κ3) is 2.93. The van der Waals surface area contributed by atoms with Gasteiger partial charge in [-0.05, 0) is 32.7 Å². The Morgan fingerprint density at radius 2 is 2.32 bits per heavy atom. The zero-order chi connectivity index (χ0) is 13.9. The largest absolute Gasteiger partial charge is 0.385 e. The first-order valence-corrected chi connectivity index (χ1v) is 7.40. The summed E-state index contributed by atoms with van der Waals surface area (Å²) in [5.41, 5.74) is -1.34. The number of amides is 1. The smallest absolute Gasteiger partial charge is 0.240 e. The van der Waals surface area contributed by atoms with Crippen LogP contribution in [0.2, 0.25) is 0 Å². The first kappa shape index (κ1) is 14.8. The molecule has 0 spiro atoms. The summed E-state index contributed by atoms with van der Waals surface area (Å²) in [6.07, 6.45) is 4.12. The van der Waals surface area contributed by atoms with Crippen LogP contribution in [0.5, 0.6) is 0 Å². The summed E-state index contributed by atoms with van der Waals surface area (Å²) >= 11 is 0. The molecule has 0 bridgehead atoms. The molecule has 110 valence electrons. The minimum Gasteiger partial charge on any atom is -0.385 e. The van der Waals surface area contributed by atoms with Gasteiger partial charge in [0.2, 0.25) is 5.91 Å². The van der Waals surface area contributed by atoms with E-state index in [2.05, 4.69) is 17.6 Å². The van der Waals surface area contributed by atoms with Crippen molar-refractivity contribution in [1.29, 1.82) is 0 Å². The average molecular weight is 270 g/mol. The third-order valence-corrected chi connectivity index (χ3v) is 4.57. The molecule has 0 saturated carbocycles. The molecule has 2 aliphatic heterocycles. The highest BCUT2D eigenvalue weighted by atomic mass is 16.5. The maximum absolute atomic E-state index is 12.4. The number of ether oxygens (including phenoxy) is 1. The second-order valence-electron chi connectivity index (χ2n) is 5.91. The Bertz CT molecular complexity index is 329. The van der Waals surface area contributed by atoms with Gasteiger partial charge < -0.3 is 20.5 Å². The van der Waals surface area contributed by atoms with Crippen molar-refractivity contribution >= 4 is 5.91 Å². The van der Waals surface area contributed by atoms with Gasteiger partial charge in [0, 0.05) is 19.6 Å². The van der Waals surface area contributed by atoms with Crippen molar-refractivity contribution in [2.75, 3.05) is 19.7 Å². The maximum atomic E-state index is 12.4. The van der Waals surface area contributed by atoms with E-state index in [-0.39, 0.29) is 18.6 Å². The van der Waals surface area contributed by atoms with Gasteiger partial charge in [0.15, 0.2) is 0 Å². The molecule has 5 heteroatoms. The summed E-state index contributed by atoms with van der Waals surface area (Å²) in [4.78, 5) is 12.4. The van der Waals surface area contributed by atoms with E-state index in [1.165, 1.54) is 0 Å². The van der Waals surface area contributed by atoms with Crippen LogP contribution in [0.1, 0.15) is 46.0 Å². The van der Waals surface area contributed by atoms with Gasteiger partial charge in [-0.25, -0.2) is 0 Å². The topological polar surface area (TPSA) is 70.6 Å². The number of carbonyl (C=O) groups excluding carboxylic acids is 1. The van der Waals surface area contributed by atoms with Crippen molar-refractivity contribution in [3.63, 3.8) is 0 Å². The molecule has 2 heterocycles. The van der Waals surface area contributed by atoms with Crippen LogP contribution in [0.3, 0.4) is 0 Å². The molecule has 0 aliphatic carbocycles. The highest BCUT2D eigenvalue weighted by molar-refractivity contribution is 5.86. The molecule has 3 unspecified atom stereocenters. The van der Waals surface area contributed by atoms with Crippen molar-refractivity contribution in [2.45, 2.75) is 63.2 Å². The highest BCUT2D eigenvalue weighted by Crippen LogP contribution is 2.27. The molecule has 19 heavy (non-hydrogen) atoms. The standard InChI is InChI=1S/C14H26N2O3/c1-3-5-13(6-4-8-16-13)12(17)15-10-14(18)7-9-19-11(14)2/h11,16,18H,3-10H2,1-2H3,(H,15,17). The van der Waals surface area contributed by atoms with E-state index in [1.807, 2.05) is 6.92 Å². The fourth-order valence-electron chi connectivity index (χ4n) is 3.16. The molecule has 2 rings (SSSR count). The number of nitrogens with one attached hydrogen (secondary N) is 2. The molecule has 2 saturated heterocycles. The van der Waals surface area contributed by atoms with Crippen LogP contribution < -0.4 is 10.6 Å². The lowest BCUT2D eigenvalue weighted by molar-refractivity contribution is -0.129. The van der Waals surface area contributed by atoms with Gasteiger partial charge in [-0.2, -0.15) is 0 Å². The number of hydrogen-bond acceptors (Lipinski definition) is 4. The Morgan fingerprint density at radius 3 is 2.84 bits per heavy atom. The molecular formula is C14H26N2O3. The van der Waals surface area contributed by atoms with E-state index in [1.54, 1.807) is 0 Å². The van der Waals surface area contributed by atoms with E-state index < -0.39 is 11.1 Å². The number of hydrogen-bond donors (Lipinski definition) is 3. The molecule has 0 aromatic rings. The molecule has 2 fully saturated rings. The van der Waals surface area contributed by atoms with Crippen molar-refractivity contribution in [3.05, 3.63) is 0 Å². The Hall–Kier alpha value is -0.650. The maximum Gasteiger partial charge on any atom is 0.240 e. The third-order valence-electron chi connectivity index (χ3n) is 4.57. The van der Waals surface area contributed by atoms with Crippen LogP contribution in [0, 0.1) is 0 Å². The molecular weight excluding hydrogens is 244 g/mol. The van der Waals surface area contributed by atoms with Crippen LogP contribution in [0.15, 0.2) is 0 Å². The summed E-state index contributed by atoms with van der Waals surface area (Å²) in [7, 11) is 0. The molecule has 0 aromatic heterocycles. The quantitative estimate of drug-likeness (QED) is 0.683. The lowest BCUT2D eigenvalue weighted by atomic mass is 9.90. The minimum absolute atomic E-state index is 0.0272. The van der Waals surface area contributed by atoms with Crippen LogP contribution in [-0.2, 0) is 9.53 Å². The van der Waals surface area contributed by atoms with E-state index in [9.17, 15) is 9.90 Å². The van der Waals surface area contributed by atoms with Gasteiger partial charge in [-0.1, -0.05) is 13.3 Å². The second kappa shape index (κ2) is 5.77. The summed E-state index contributed by atoms with van der Waals surface area (Å²) in [6, 6.07) is 0. The van der Waals surface area contributed by atoms with E-state index in [0.29, 0.717) is 13.0 Å². The summed E-state index contributed by atoms with van der Waals surface area (Å²) in [5, 5.41) is 16.7. The van der Waals surface area contributed by atoms with Crippen LogP contribution in [0.25, 0.3) is 0 Å². The van der Waals surface area contributed by atoms with E-state index in [0.717, 1.165) is 32.2 Å². The number of carbonyl (C=O) groups is 1. The van der Waals surface area contributed by atoms with Crippen molar-refractivity contribution < 1.29 is 14.6 Å². The first-order chi connectivity index (χ1) is 9.02. The van der Waals surface area contributed by atoms with Gasteiger partial charge in [0.1, 0.15) is 5.60 Å². The highest BCUT2D eigenvalue weighted by Gasteiger charge is 2.43. The minimum atomic E-state index is -0.915. The Balaban J connectivity index is 1.93. The molecule has 0 aromatic carbocycles. The normalized spacial score (nSPS) is 38.6. The lowest BCUT2D eigenvalue weighted by Gasteiger charge is -2.31. The zero-order valence-electron chi connectivity index (χ0n) is 12.0. The van der Waals surface area contributed by atoms with Gasteiger partial charge in [0.05, 0.1) is 11.6 Å². The fraction of sp³-hybridized carbons (Fsp3) is 0.929. The second-order valence-corrected chi connectivity index (χ2v) is 5.91. The SMILES string of the molecule is CCCC1(C(=O)NCC2(O)CCOC2C)CCCN1. The Morgan fingerprint density at radius 1 is 1.53 bits per heavy atom. The lowest BCUT2D eigenvalue weighted by Crippen LogP contribution is -2.57. The summed E-state index contributed by atoms with van der Waals surface area (Å²) in [6.45, 7) is 5.69. The van der Waals surface area contributed by atoms with Crippen molar-refractivity contribution in [2.24, 2.45) is 0 Å². The monoisotopic (exact) mass is 270 g/mol. The molecule has 2 aliphatic rings. The average Bonchev–Trinajstić information content (AvgIpc) is 2.97. The molecule has 3 N–H and O–H groups in total. The molecule has 1 amide bonds. The van der Waals surface area contributed by atoms with Crippen LogP contribution >= 0.6 is 0 Å². The Kier molecular flexibility index (Phi) is 4.48. The molecule has 5 nitrogen and oxygen atoms in total. The fourth-order valence-corrected chi connectivity index (χ4v) is 3.16. The van der Waals surface area contributed by atoms with Gasteiger partial charge in [-0.15, -0.1) is 0 Å². The molecule has 0 radical (unpaired) electrons. The predicted octanol–water partition coefficient (Wildman–Crippen LogP) is 0.565.